The number of para-hydroxylation sites is 1. The quantitative estimate of drug-likeness (QED) is 0.499. The molecule has 0 fully saturated rings. The lowest BCUT2D eigenvalue weighted by Gasteiger charge is -2.23. The zero-order valence-electron chi connectivity index (χ0n) is 18.8. The smallest absolute Gasteiger partial charge is 0.224 e. The fourth-order valence-electron chi connectivity index (χ4n) is 4.19. The summed E-state index contributed by atoms with van der Waals surface area (Å²) < 4.78 is 1.81. The molecule has 1 amide bonds. The predicted molar refractivity (Wildman–Crippen MR) is 129 cm³/mol. The van der Waals surface area contributed by atoms with E-state index < -0.39 is 0 Å². The van der Waals surface area contributed by atoms with E-state index in [-0.39, 0.29) is 11.9 Å². The second kappa shape index (κ2) is 9.18. The maximum Gasteiger partial charge on any atom is 0.224 e. The molecule has 0 saturated heterocycles. The lowest BCUT2D eigenvalue weighted by molar-refractivity contribution is -0.119. The summed E-state index contributed by atoms with van der Waals surface area (Å²) in [6, 6.07) is 14.5. The maximum absolute atomic E-state index is 12.0. The number of anilines is 1. The first kappa shape index (κ1) is 21.5. The number of hydrogen-bond acceptors (Lipinski definition) is 5. The van der Waals surface area contributed by atoms with Crippen LogP contribution in [0.2, 0.25) is 0 Å². The third-order valence-electron chi connectivity index (χ3n) is 5.84. The molecule has 7 heteroatoms. The van der Waals surface area contributed by atoms with Crippen LogP contribution in [-0.4, -0.2) is 29.3 Å². The van der Waals surface area contributed by atoms with Gasteiger partial charge in [-0.3, -0.25) is 9.48 Å². The Morgan fingerprint density at radius 3 is 2.78 bits per heavy atom. The Bertz CT molecular complexity index is 1160. The molecule has 2 aromatic carbocycles. The van der Waals surface area contributed by atoms with Gasteiger partial charge in [0.2, 0.25) is 5.91 Å². The molecule has 0 saturated carbocycles. The van der Waals surface area contributed by atoms with E-state index >= 15 is 0 Å². The Balaban J connectivity index is 1.77. The third kappa shape index (κ3) is 4.46. The van der Waals surface area contributed by atoms with Gasteiger partial charge in [-0.2, -0.15) is 5.10 Å². The SMILES string of the molecule is CNC(=O)Cc1ccccc1NC1CCN/C(=C(/C)N)c2ccc(-c3cnn(C)c3)cc21. The van der Waals surface area contributed by atoms with Gasteiger partial charge in [0.25, 0.3) is 0 Å². The van der Waals surface area contributed by atoms with Crippen LogP contribution < -0.4 is 21.7 Å². The van der Waals surface area contributed by atoms with Gasteiger partial charge in [0, 0.05) is 49.3 Å². The van der Waals surface area contributed by atoms with E-state index in [1.807, 2.05) is 55.3 Å². The van der Waals surface area contributed by atoms with Gasteiger partial charge in [0.05, 0.1) is 24.4 Å². The molecular formula is C25H30N6O. The van der Waals surface area contributed by atoms with Crippen LogP contribution >= 0.6 is 0 Å². The summed E-state index contributed by atoms with van der Waals surface area (Å²) in [4.78, 5) is 12.0. The minimum Gasteiger partial charge on any atom is -0.401 e. The van der Waals surface area contributed by atoms with Crippen molar-refractivity contribution in [3.05, 3.63) is 77.2 Å². The van der Waals surface area contributed by atoms with E-state index in [1.54, 1.807) is 7.05 Å². The summed E-state index contributed by atoms with van der Waals surface area (Å²) in [6.45, 7) is 2.71. The lowest BCUT2D eigenvalue weighted by atomic mass is 9.93. The van der Waals surface area contributed by atoms with Gasteiger partial charge < -0.3 is 21.7 Å². The van der Waals surface area contributed by atoms with E-state index in [0.717, 1.165) is 52.3 Å². The van der Waals surface area contributed by atoms with E-state index in [2.05, 4.69) is 39.2 Å². The number of aromatic nitrogens is 2. The van der Waals surface area contributed by atoms with Crippen molar-refractivity contribution in [2.75, 3.05) is 18.9 Å². The van der Waals surface area contributed by atoms with Gasteiger partial charge in [-0.05, 0) is 42.2 Å². The number of likely N-dealkylation sites (N-methyl/N-ethyl adjacent to an activating group) is 1. The summed E-state index contributed by atoms with van der Waals surface area (Å²) in [5.74, 6) is -0.00924. The molecule has 32 heavy (non-hydrogen) atoms. The average molecular weight is 431 g/mol. The van der Waals surface area contributed by atoms with Crippen LogP contribution in [-0.2, 0) is 18.3 Å². The maximum atomic E-state index is 12.0. The minimum absolute atomic E-state index is 0.00924. The molecule has 0 bridgehead atoms. The highest BCUT2D eigenvalue weighted by Crippen LogP contribution is 2.35. The summed E-state index contributed by atoms with van der Waals surface area (Å²) in [6.07, 6.45) is 5.10. The topological polar surface area (TPSA) is 97.0 Å². The molecule has 0 aliphatic carbocycles. The van der Waals surface area contributed by atoms with Crippen molar-refractivity contribution in [3.63, 3.8) is 0 Å². The molecule has 1 aliphatic heterocycles. The molecule has 1 unspecified atom stereocenters. The number of fused-ring (bicyclic) bond motifs is 1. The number of carbonyl (C=O) groups is 1. The zero-order chi connectivity index (χ0) is 22.7. The van der Waals surface area contributed by atoms with Crippen molar-refractivity contribution in [1.29, 1.82) is 0 Å². The monoisotopic (exact) mass is 430 g/mol. The van der Waals surface area contributed by atoms with Gasteiger partial charge in [-0.15, -0.1) is 0 Å². The first-order valence-electron chi connectivity index (χ1n) is 10.8. The Hall–Kier alpha value is -3.74. The number of carbonyl (C=O) groups excluding carboxylic acids is 1. The molecular weight excluding hydrogens is 400 g/mol. The number of hydrogen-bond donors (Lipinski definition) is 4. The van der Waals surface area contributed by atoms with Crippen molar-refractivity contribution >= 4 is 17.3 Å². The van der Waals surface area contributed by atoms with Gasteiger partial charge in [-0.1, -0.05) is 30.3 Å². The number of aryl methyl sites for hydroxylation is 1. The van der Waals surface area contributed by atoms with E-state index in [0.29, 0.717) is 6.42 Å². The number of nitrogens with two attached hydrogens (primary N) is 1. The summed E-state index contributed by atoms with van der Waals surface area (Å²) in [5, 5.41) is 14.3. The molecule has 4 rings (SSSR count). The van der Waals surface area contributed by atoms with Gasteiger partial charge >= 0.3 is 0 Å². The number of allylic oxidation sites excluding steroid dienone is 1. The molecule has 2 heterocycles. The highest BCUT2D eigenvalue weighted by atomic mass is 16.1. The molecule has 3 aromatic rings. The number of amides is 1. The molecule has 7 nitrogen and oxygen atoms in total. The largest absolute Gasteiger partial charge is 0.401 e. The molecule has 166 valence electrons. The van der Waals surface area contributed by atoms with E-state index in [1.165, 1.54) is 5.56 Å². The zero-order valence-corrected chi connectivity index (χ0v) is 18.8. The first-order chi connectivity index (χ1) is 15.5. The normalized spacial score (nSPS) is 17.0. The van der Waals surface area contributed by atoms with Crippen molar-refractivity contribution in [3.8, 4) is 11.1 Å². The van der Waals surface area contributed by atoms with Gasteiger partial charge in [-0.25, -0.2) is 0 Å². The van der Waals surface area contributed by atoms with Crippen LogP contribution in [0, 0.1) is 0 Å². The van der Waals surface area contributed by atoms with Crippen molar-refractivity contribution in [2.24, 2.45) is 12.8 Å². The number of nitrogens with zero attached hydrogens (tertiary/aromatic N) is 2. The van der Waals surface area contributed by atoms with E-state index in [9.17, 15) is 4.79 Å². The standard InChI is InChI=1S/C25H30N6O/c1-16(26)25-20-9-8-17(19-14-29-31(3)15-19)12-21(20)23(10-11-28-25)30-22-7-5-4-6-18(22)13-24(32)27-2/h4-9,12,14-15,23,28,30H,10-11,13,26H2,1-3H3,(H,27,32)/b25-16-. The van der Waals surface area contributed by atoms with Gasteiger partial charge in [0.1, 0.15) is 0 Å². The summed E-state index contributed by atoms with van der Waals surface area (Å²) >= 11 is 0. The summed E-state index contributed by atoms with van der Waals surface area (Å²) in [7, 11) is 3.58. The third-order valence-corrected chi connectivity index (χ3v) is 5.84. The average Bonchev–Trinajstić information content (AvgIpc) is 3.14. The van der Waals surface area contributed by atoms with Crippen LogP contribution in [0.15, 0.2) is 60.6 Å². The number of rotatable bonds is 5. The Kier molecular flexibility index (Phi) is 6.16. The van der Waals surface area contributed by atoms with Crippen molar-refractivity contribution in [2.45, 2.75) is 25.8 Å². The van der Waals surface area contributed by atoms with Crippen LogP contribution in [0.5, 0.6) is 0 Å². The van der Waals surface area contributed by atoms with Crippen LogP contribution in [0.3, 0.4) is 0 Å². The Morgan fingerprint density at radius 2 is 2.06 bits per heavy atom. The predicted octanol–water partition coefficient (Wildman–Crippen LogP) is 3.17. The Morgan fingerprint density at radius 1 is 1.25 bits per heavy atom. The first-order valence-corrected chi connectivity index (χ1v) is 10.8. The Labute approximate surface area is 188 Å². The van der Waals surface area contributed by atoms with Crippen LogP contribution in [0.1, 0.15) is 36.1 Å². The minimum atomic E-state index is -0.00924. The molecule has 5 N–H and O–H groups in total. The highest BCUT2D eigenvalue weighted by molar-refractivity contribution is 5.80. The molecule has 0 spiro atoms. The number of nitrogens with one attached hydrogen (secondary N) is 3. The fraction of sp³-hybridized carbons (Fsp3) is 0.280. The van der Waals surface area contributed by atoms with Crippen molar-refractivity contribution in [1.82, 2.24) is 20.4 Å². The lowest BCUT2D eigenvalue weighted by Crippen LogP contribution is -2.21. The highest BCUT2D eigenvalue weighted by Gasteiger charge is 2.24. The number of benzene rings is 2. The van der Waals surface area contributed by atoms with E-state index in [4.69, 9.17) is 5.73 Å². The van der Waals surface area contributed by atoms with Crippen molar-refractivity contribution < 1.29 is 4.79 Å². The molecule has 0 radical (unpaired) electrons. The molecule has 1 atom stereocenters. The second-order valence-corrected chi connectivity index (χ2v) is 8.18. The molecule has 1 aromatic heterocycles. The molecule has 1 aliphatic rings. The van der Waals surface area contributed by atoms with Gasteiger partial charge in [0.15, 0.2) is 0 Å². The van der Waals surface area contributed by atoms with Crippen LogP contribution in [0.4, 0.5) is 5.69 Å². The fourth-order valence-corrected chi connectivity index (χ4v) is 4.19. The summed E-state index contributed by atoms with van der Waals surface area (Å²) in [5.41, 5.74) is 14.4. The second-order valence-electron chi connectivity index (χ2n) is 8.18. The van der Waals surface area contributed by atoms with Crippen LogP contribution in [0.25, 0.3) is 16.8 Å².